The molecule has 2 saturated heterocycles. The molecule has 2 aliphatic rings. The van der Waals surface area contributed by atoms with Gasteiger partial charge in [-0.3, -0.25) is 9.88 Å². The van der Waals surface area contributed by atoms with E-state index in [1.165, 1.54) is 6.42 Å². The fraction of sp³-hybridized carbons (Fsp3) is 0.560. The summed E-state index contributed by atoms with van der Waals surface area (Å²) in [5.41, 5.74) is 1.11. The zero-order valence-corrected chi connectivity index (χ0v) is 23.7. The third-order valence-corrected chi connectivity index (χ3v) is 6.04. The fourth-order valence-electron chi connectivity index (χ4n) is 3.93. The maximum absolute atomic E-state index is 10.6. The average molecular weight is 685 g/mol. The Kier molecular flexibility index (Phi) is 15.4. The smallest absolute Gasteiger partial charge is 0.475 e. The molecule has 0 radical (unpaired) electrons. The fourth-order valence-corrected chi connectivity index (χ4v) is 3.93. The van der Waals surface area contributed by atoms with Gasteiger partial charge in [0.25, 0.3) is 0 Å². The van der Waals surface area contributed by atoms with Crippen LogP contribution in [-0.4, -0.2) is 103 Å². The van der Waals surface area contributed by atoms with Crippen molar-refractivity contribution in [1.29, 1.82) is 0 Å². The summed E-state index contributed by atoms with van der Waals surface area (Å²) >= 11 is 0. The molecule has 46 heavy (non-hydrogen) atoms. The molecular formula is C25H29F9N4O8. The number of imidazole rings is 1. The molecular weight excluding hydrogens is 655 g/mol. The number of hydrogen-bond acceptors (Lipinski definition) is 8. The molecule has 4 heterocycles. The molecule has 0 aliphatic carbocycles. The van der Waals surface area contributed by atoms with E-state index in [4.69, 9.17) is 39.2 Å². The van der Waals surface area contributed by atoms with Gasteiger partial charge in [-0.2, -0.15) is 39.5 Å². The maximum atomic E-state index is 10.6. The van der Waals surface area contributed by atoms with Crippen LogP contribution in [0.25, 0.3) is 0 Å². The van der Waals surface area contributed by atoms with Crippen molar-refractivity contribution in [1.82, 2.24) is 19.4 Å². The Hall–Kier alpha value is -3.98. The number of carbonyl (C=O) groups is 3. The van der Waals surface area contributed by atoms with Crippen LogP contribution in [0.15, 0.2) is 36.9 Å². The normalized spacial score (nSPS) is 19.7. The third kappa shape index (κ3) is 14.9. The largest absolute Gasteiger partial charge is 0.490 e. The summed E-state index contributed by atoms with van der Waals surface area (Å²) in [5.74, 6) is -7.14. The minimum absolute atomic E-state index is 0.214. The first-order valence-electron chi connectivity index (χ1n) is 12.9. The van der Waals surface area contributed by atoms with E-state index in [1.807, 2.05) is 30.7 Å². The highest BCUT2D eigenvalue weighted by Gasteiger charge is 2.41. The molecule has 3 N–H and O–H groups in total. The molecule has 2 aromatic heterocycles. The molecule has 21 heteroatoms. The quantitative estimate of drug-likeness (QED) is 0.376. The summed E-state index contributed by atoms with van der Waals surface area (Å²) in [6.07, 6.45) is -3.84. The first-order valence-corrected chi connectivity index (χ1v) is 12.9. The lowest BCUT2D eigenvalue weighted by molar-refractivity contribution is -0.193. The van der Waals surface area contributed by atoms with Crippen LogP contribution in [0.1, 0.15) is 30.7 Å². The van der Waals surface area contributed by atoms with Gasteiger partial charge >= 0.3 is 36.4 Å². The van der Waals surface area contributed by atoms with Gasteiger partial charge in [-0.05, 0) is 30.9 Å². The van der Waals surface area contributed by atoms with E-state index in [9.17, 15) is 39.5 Å². The molecule has 260 valence electrons. The van der Waals surface area contributed by atoms with Crippen LogP contribution >= 0.6 is 0 Å². The number of aryl methyl sites for hydroxylation is 1. The molecule has 0 spiro atoms. The zero-order chi connectivity index (χ0) is 35.3. The second-order valence-electron chi connectivity index (χ2n) is 9.44. The summed E-state index contributed by atoms with van der Waals surface area (Å²) in [4.78, 5) is 37.8. The van der Waals surface area contributed by atoms with Gasteiger partial charge in [0.2, 0.25) is 0 Å². The van der Waals surface area contributed by atoms with E-state index < -0.39 is 36.4 Å². The predicted molar refractivity (Wildman–Crippen MR) is 135 cm³/mol. The number of nitrogens with zero attached hydrogens (tertiary/aromatic N) is 4. The van der Waals surface area contributed by atoms with Gasteiger partial charge in [0, 0.05) is 44.4 Å². The average Bonchev–Trinajstić information content (AvgIpc) is 3.54. The molecule has 0 unspecified atom stereocenters. The van der Waals surface area contributed by atoms with Crippen molar-refractivity contribution in [3.8, 4) is 0 Å². The number of halogens is 9. The second kappa shape index (κ2) is 17.6. The number of hydrogen-bond donors (Lipinski definition) is 3. The van der Waals surface area contributed by atoms with Crippen LogP contribution in [0, 0.1) is 0 Å². The Balaban J connectivity index is 0.000000413. The molecule has 4 rings (SSSR count). The van der Waals surface area contributed by atoms with E-state index in [-0.39, 0.29) is 6.10 Å². The van der Waals surface area contributed by atoms with Gasteiger partial charge < -0.3 is 29.4 Å². The van der Waals surface area contributed by atoms with Crippen molar-refractivity contribution >= 4 is 17.9 Å². The van der Waals surface area contributed by atoms with Crippen LogP contribution in [0.5, 0.6) is 0 Å². The summed E-state index contributed by atoms with van der Waals surface area (Å²) in [6.45, 7) is 3.27. The number of carboxylic acids is 3. The predicted octanol–water partition coefficient (Wildman–Crippen LogP) is 4.05. The van der Waals surface area contributed by atoms with Crippen LogP contribution in [0.2, 0.25) is 0 Å². The minimum Gasteiger partial charge on any atom is -0.475 e. The molecule has 2 aliphatic heterocycles. The second-order valence-corrected chi connectivity index (χ2v) is 9.44. The number of ether oxygens (including phenoxy) is 2. The first-order chi connectivity index (χ1) is 21.1. The van der Waals surface area contributed by atoms with Gasteiger partial charge in [0.1, 0.15) is 5.82 Å². The van der Waals surface area contributed by atoms with Crippen molar-refractivity contribution in [3.05, 3.63) is 48.3 Å². The first kappa shape index (κ1) is 40.0. The number of alkyl halides is 9. The maximum Gasteiger partial charge on any atom is 0.490 e. The van der Waals surface area contributed by atoms with Crippen LogP contribution in [0.3, 0.4) is 0 Å². The van der Waals surface area contributed by atoms with Crippen molar-refractivity contribution in [2.45, 2.75) is 69.2 Å². The molecule has 0 bridgehead atoms. The van der Waals surface area contributed by atoms with E-state index in [0.29, 0.717) is 25.4 Å². The summed E-state index contributed by atoms with van der Waals surface area (Å²) < 4.78 is 109. The Morgan fingerprint density at radius 2 is 1.46 bits per heavy atom. The van der Waals surface area contributed by atoms with Crippen LogP contribution in [-0.2, 0) is 44.1 Å². The number of aliphatic carboxylic acids is 3. The summed E-state index contributed by atoms with van der Waals surface area (Å²) in [7, 11) is 2.06. The van der Waals surface area contributed by atoms with Gasteiger partial charge in [0.05, 0.1) is 32.0 Å². The highest BCUT2D eigenvalue weighted by Crippen LogP contribution is 2.32. The standard InChI is InChI=1S/C19H26N4O2.3C2HF3O2/c1-22-10-8-21-19(22)12-23-9-6-18-17(23)5-4-16(25-18)14-24-13-15-3-2-7-20-11-15;3*3-2(4,5)1(6)7/h2-3,7-8,10-11,16-18H,4-6,9,12-14H2,1H3;3*(H,6,7)/t16-,17+,18+;;;/m1.../s1. The lowest BCUT2D eigenvalue weighted by Crippen LogP contribution is -2.43. The van der Waals surface area contributed by atoms with Gasteiger partial charge in [-0.1, -0.05) is 6.07 Å². The summed E-state index contributed by atoms with van der Waals surface area (Å²) in [6, 6.07) is 4.50. The van der Waals surface area contributed by atoms with Crippen LogP contribution in [0.4, 0.5) is 39.5 Å². The van der Waals surface area contributed by atoms with E-state index in [0.717, 1.165) is 37.3 Å². The van der Waals surface area contributed by atoms with Crippen molar-refractivity contribution < 1.29 is 78.7 Å². The topological polar surface area (TPSA) is 164 Å². The van der Waals surface area contributed by atoms with Gasteiger partial charge in [0.15, 0.2) is 0 Å². The Morgan fingerprint density at radius 3 is 1.89 bits per heavy atom. The number of carboxylic acid groups (broad SMARTS) is 3. The highest BCUT2D eigenvalue weighted by atomic mass is 19.4. The molecule has 0 aromatic carbocycles. The SMILES string of the molecule is Cn1ccnc1CN1CC[C@@H]2O[C@@H](COCc3cccnc3)CC[C@@H]21.O=C(O)C(F)(F)F.O=C(O)C(F)(F)F.O=C(O)C(F)(F)F. The molecule has 2 fully saturated rings. The Morgan fingerprint density at radius 1 is 0.913 bits per heavy atom. The lowest BCUT2D eigenvalue weighted by Gasteiger charge is -2.35. The zero-order valence-electron chi connectivity index (χ0n) is 23.7. The van der Waals surface area contributed by atoms with Crippen molar-refractivity contribution in [3.63, 3.8) is 0 Å². The molecule has 0 saturated carbocycles. The number of likely N-dealkylation sites (tertiary alicyclic amines) is 1. The molecule has 0 amide bonds. The molecule has 12 nitrogen and oxygen atoms in total. The number of rotatable bonds is 6. The summed E-state index contributed by atoms with van der Waals surface area (Å²) in [5, 5.41) is 21.4. The van der Waals surface area contributed by atoms with E-state index in [1.54, 1.807) is 6.20 Å². The third-order valence-electron chi connectivity index (χ3n) is 6.04. The van der Waals surface area contributed by atoms with Crippen molar-refractivity contribution in [2.24, 2.45) is 7.05 Å². The number of pyridine rings is 1. The van der Waals surface area contributed by atoms with Crippen LogP contribution < -0.4 is 0 Å². The van der Waals surface area contributed by atoms with E-state index >= 15 is 0 Å². The van der Waals surface area contributed by atoms with Gasteiger partial charge in [-0.25, -0.2) is 19.4 Å². The number of aromatic nitrogens is 3. The van der Waals surface area contributed by atoms with Crippen molar-refractivity contribution in [2.75, 3.05) is 13.2 Å². The molecule has 2 aromatic rings. The Labute approximate surface area is 254 Å². The highest BCUT2D eigenvalue weighted by molar-refractivity contribution is 5.73. The van der Waals surface area contributed by atoms with E-state index in [2.05, 4.69) is 26.5 Å². The van der Waals surface area contributed by atoms with Gasteiger partial charge in [-0.15, -0.1) is 0 Å². The Bertz CT molecular complexity index is 1180. The minimum atomic E-state index is -5.08. The molecule has 3 atom stereocenters. The number of fused-ring (bicyclic) bond motifs is 1. The monoisotopic (exact) mass is 684 g/mol. The lowest BCUT2D eigenvalue weighted by atomic mass is 9.99.